The summed E-state index contributed by atoms with van der Waals surface area (Å²) in [4.78, 5) is 11.8. The van der Waals surface area contributed by atoms with Crippen LogP contribution in [0.25, 0.3) is 0 Å². The summed E-state index contributed by atoms with van der Waals surface area (Å²) in [7, 11) is -3.71. The van der Waals surface area contributed by atoms with E-state index in [1.54, 1.807) is 0 Å². The highest BCUT2D eigenvalue weighted by atomic mass is 79.9. The van der Waals surface area contributed by atoms with Gasteiger partial charge >= 0.3 is 0 Å². The molecule has 0 unspecified atom stereocenters. The Kier molecular flexibility index (Phi) is 4.89. The average molecular weight is 378 g/mol. The van der Waals surface area contributed by atoms with Gasteiger partial charge in [0.05, 0.1) is 22.4 Å². The normalized spacial score (nSPS) is 11.3. The Labute approximate surface area is 129 Å². The van der Waals surface area contributed by atoms with Gasteiger partial charge in [-0.3, -0.25) is 4.72 Å². The van der Waals surface area contributed by atoms with Gasteiger partial charge in [-0.15, -0.1) is 0 Å². The van der Waals surface area contributed by atoms with Crippen LogP contribution in [0, 0.1) is 0 Å². The quantitative estimate of drug-likeness (QED) is 0.801. The van der Waals surface area contributed by atoms with Gasteiger partial charge in [-0.1, -0.05) is 18.3 Å². The second-order valence-corrected chi connectivity index (χ2v) is 7.84. The van der Waals surface area contributed by atoms with Gasteiger partial charge < -0.3 is 5.32 Å². The molecule has 0 aliphatic rings. The molecule has 0 amide bonds. The maximum absolute atomic E-state index is 12.1. The largest absolute Gasteiger partial charge is 0.354 e. The molecule has 0 saturated heterocycles. The van der Waals surface area contributed by atoms with Crippen molar-refractivity contribution in [1.82, 2.24) is 15.0 Å². The number of nitrogens with zero attached hydrogens (tertiary/aromatic N) is 3. The highest BCUT2D eigenvalue weighted by Crippen LogP contribution is 2.25. The third-order valence-corrected chi connectivity index (χ3v) is 4.99. The molecule has 7 nitrogen and oxygen atoms in total. The van der Waals surface area contributed by atoms with Crippen LogP contribution in [-0.4, -0.2) is 29.9 Å². The lowest BCUT2D eigenvalue weighted by atomic mass is 10.5. The van der Waals surface area contributed by atoms with Gasteiger partial charge in [0.2, 0.25) is 5.95 Å². The van der Waals surface area contributed by atoms with E-state index in [1.807, 2.05) is 6.92 Å². The van der Waals surface area contributed by atoms with E-state index in [0.717, 1.165) is 16.8 Å². The molecule has 20 heavy (non-hydrogen) atoms. The SMILES string of the molecule is CCCNc1ncc(S(=O)(=O)Nc2ncc(Br)s2)cn1. The number of thiazole rings is 1. The van der Waals surface area contributed by atoms with Gasteiger partial charge in [-0.2, -0.15) is 0 Å². The van der Waals surface area contributed by atoms with Crippen LogP contribution in [0.4, 0.5) is 11.1 Å². The number of halogens is 1. The van der Waals surface area contributed by atoms with Crippen molar-refractivity contribution in [2.75, 3.05) is 16.6 Å². The van der Waals surface area contributed by atoms with E-state index in [4.69, 9.17) is 0 Å². The van der Waals surface area contributed by atoms with Gasteiger partial charge in [0.1, 0.15) is 4.90 Å². The molecule has 2 aromatic heterocycles. The Bertz CT molecular complexity index is 671. The number of anilines is 2. The monoisotopic (exact) mass is 377 g/mol. The Morgan fingerprint density at radius 2 is 1.95 bits per heavy atom. The Balaban J connectivity index is 2.13. The molecular weight excluding hydrogens is 366 g/mol. The maximum Gasteiger partial charge on any atom is 0.266 e. The molecule has 0 saturated carbocycles. The lowest BCUT2D eigenvalue weighted by Gasteiger charge is -2.06. The molecule has 0 radical (unpaired) electrons. The summed E-state index contributed by atoms with van der Waals surface area (Å²) < 4.78 is 27.3. The average Bonchev–Trinajstić information content (AvgIpc) is 2.81. The van der Waals surface area contributed by atoms with Crippen LogP contribution >= 0.6 is 27.3 Å². The van der Waals surface area contributed by atoms with E-state index in [9.17, 15) is 8.42 Å². The standard InChI is InChI=1S/C10H12BrN5O2S2/c1-2-3-12-9-13-4-7(5-14-9)20(17,18)16-10-15-6-8(11)19-10/h4-6H,2-3H2,1H3,(H,15,16)(H,12,13,14). The van der Waals surface area contributed by atoms with Crippen molar-refractivity contribution in [2.24, 2.45) is 0 Å². The number of aromatic nitrogens is 3. The van der Waals surface area contributed by atoms with E-state index in [1.165, 1.54) is 29.9 Å². The lowest BCUT2D eigenvalue weighted by Crippen LogP contribution is -2.14. The highest BCUT2D eigenvalue weighted by Gasteiger charge is 2.17. The first-order valence-corrected chi connectivity index (χ1v) is 8.80. The second-order valence-electron chi connectivity index (χ2n) is 3.74. The molecular formula is C10H12BrN5O2S2. The van der Waals surface area contributed by atoms with Crippen molar-refractivity contribution in [3.05, 3.63) is 22.4 Å². The molecule has 10 heteroatoms. The number of rotatable bonds is 6. The van der Waals surface area contributed by atoms with Crippen LogP contribution in [0.15, 0.2) is 27.3 Å². The molecule has 2 rings (SSSR count). The summed E-state index contributed by atoms with van der Waals surface area (Å²) in [5, 5.41) is 3.25. The fourth-order valence-electron chi connectivity index (χ4n) is 1.26. The van der Waals surface area contributed by atoms with E-state index in [0.29, 0.717) is 5.95 Å². The van der Waals surface area contributed by atoms with E-state index < -0.39 is 10.0 Å². The predicted octanol–water partition coefficient (Wildman–Crippen LogP) is 2.32. The second kappa shape index (κ2) is 6.46. The summed E-state index contributed by atoms with van der Waals surface area (Å²) in [6, 6.07) is 0. The van der Waals surface area contributed by atoms with E-state index in [2.05, 4.69) is 40.9 Å². The minimum absolute atomic E-state index is 0.00845. The third kappa shape index (κ3) is 3.87. The number of hydrogen-bond acceptors (Lipinski definition) is 7. The summed E-state index contributed by atoms with van der Waals surface area (Å²) in [5.41, 5.74) is 0. The van der Waals surface area contributed by atoms with E-state index >= 15 is 0 Å². The summed E-state index contributed by atoms with van der Waals surface area (Å²) in [5.74, 6) is 0.405. The Morgan fingerprint density at radius 1 is 1.25 bits per heavy atom. The molecule has 0 aromatic carbocycles. The number of nitrogens with one attached hydrogen (secondary N) is 2. The molecule has 2 heterocycles. The number of sulfonamides is 1. The minimum Gasteiger partial charge on any atom is -0.354 e. The smallest absolute Gasteiger partial charge is 0.266 e. The maximum atomic E-state index is 12.1. The van der Waals surface area contributed by atoms with Crippen LogP contribution in [0.2, 0.25) is 0 Å². The number of hydrogen-bond donors (Lipinski definition) is 2. The molecule has 0 bridgehead atoms. The van der Waals surface area contributed by atoms with Gasteiger partial charge in [0.15, 0.2) is 5.13 Å². The van der Waals surface area contributed by atoms with Crippen LogP contribution in [0.1, 0.15) is 13.3 Å². The fourth-order valence-corrected chi connectivity index (χ4v) is 3.50. The van der Waals surface area contributed by atoms with Crippen LogP contribution < -0.4 is 10.0 Å². The van der Waals surface area contributed by atoms with Crippen LogP contribution in [0.3, 0.4) is 0 Å². The third-order valence-electron chi connectivity index (χ3n) is 2.17. The summed E-state index contributed by atoms with van der Waals surface area (Å²) >= 11 is 4.40. The molecule has 0 aliphatic carbocycles. The van der Waals surface area contributed by atoms with Crippen LogP contribution in [0.5, 0.6) is 0 Å². The van der Waals surface area contributed by atoms with Crippen molar-refractivity contribution in [1.29, 1.82) is 0 Å². The van der Waals surface area contributed by atoms with Crippen LogP contribution in [-0.2, 0) is 10.0 Å². The van der Waals surface area contributed by atoms with Crippen molar-refractivity contribution < 1.29 is 8.42 Å². The topological polar surface area (TPSA) is 96.9 Å². The zero-order chi connectivity index (χ0) is 14.6. The first-order valence-electron chi connectivity index (χ1n) is 5.71. The summed E-state index contributed by atoms with van der Waals surface area (Å²) in [6.07, 6.45) is 4.98. The zero-order valence-electron chi connectivity index (χ0n) is 10.5. The zero-order valence-corrected chi connectivity index (χ0v) is 13.7. The minimum atomic E-state index is -3.71. The molecule has 0 aliphatic heterocycles. The van der Waals surface area contributed by atoms with Crippen molar-refractivity contribution in [3.63, 3.8) is 0 Å². The fraction of sp³-hybridized carbons (Fsp3) is 0.300. The molecule has 2 N–H and O–H groups in total. The van der Waals surface area contributed by atoms with Gasteiger partial charge in [-0.25, -0.2) is 23.4 Å². The Morgan fingerprint density at radius 3 is 2.50 bits per heavy atom. The van der Waals surface area contributed by atoms with Crippen molar-refractivity contribution >= 4 is 48.4 Å². The van der Waals surface area contributed by atoms with Crippen molar-refractivity contribution in [3.8, 4) is 0 Å². The molecule has 108 valence electrons. The molecule has 0 fully saturated rings. The molecule has 2 aromatic rings. The molecule has 0 spiro atoms. The van der Waals surface area contributed by atoms with Gasteiger partial charge in [0.25, 0.3) is 10.0 Å². The first-order chi connectivity index (χ1) is 9.51. The van der Waals surface area contributed by atoms with Gasteiger partial charge in [0, 0.05) is 6.54 Å². The highest BCUT2D eigenvalue weighted by molar-refractivity contribution is 9.11. The van der Waals surface area contributed by atoms with Gasteiger partial charge in [-0.05, 0) is 22.4 Å². The lowest BCUT2D eigenvalue weighted by molar-refractivity contribution is 0.600. The predicted molar refractivity (Wildman–Crippen MR) is 81.4 cm³/mol. The van der Waals surface area contributed by atoms with E-state index in [-0.39, 0.29) is 10.0 Å². The molecule has 0 atom stereocenters. The first kappa shape index (κ1) is 15.1. The van der Waals surface area contributed by atoms with Crippen molar-refractivity contribution in [2.45, 2.75) is 18.2 Å². The Hall–Kier alpha value is -1.26. The summed E-state index contributed by atoms with van der Waals surface area (Å²) in [6.45, 7) is 2.75.